The number of benzene rings is 2. The Hall–Kier alpha value is -3.92. The Morgan fingerprint density at radius 1 is 1.17 bits per heavy atom. The van der Waals surface area contributed by atoms with Gasteiger partial charge in [-0.3, -0.25) is 9.69 Å². The van der Waals surface area contributed by atoms with E-state index in [9.17, 15) is 14.3 Å². The van der Waals surface area contributed by atoms with Crippen molar-refractivity contribution >= 4 is 28.2 Å². The average molecular weight is 563 g/mol. The number of likely N-dealkylation sites (N-methyl/N-ethyl adjacent to an activating group) is 1. The molecule has 2 aromatic carbocycles. The number of carbonyl (C=O) groups is 1. The molecule has 2 aliphatic rings. The quantitative estimate of drug-likeness (QED) is 0.374. The van der Waals surface area contributed by atoms with Crippen molar-refractivity contribution < 1.29 is 19.0 Å². The number of carbonyl (C=O) groups excluding carboxylic acids is 1. The summed E-state index contributed by atoms with van der Waals surface area (Å²) in [6, 6.07) is 11.9. The Morgan fingerprint density at radius 2 is 1.95 bits per heavy atom. The Kier molecular flexibility index (Phi) is 8.87. The van der Waals surface area contributed by atoms with Crippen LogP contribution in [0.15, 0.2) is 49.1 Å². The normalized spacial score (nSPS) is 16.1. The predicted molar refractivity (Wildman–Crippen MR) is 160 cm³/mol. The number of halogens is 1. The number of hydrogen-bond acceptors (Lipinski definition) is 8. The van der Waals surface area contributed by atoms with E-state index in [1.165, 1.54) is 6.08 Å². The van der Waals surface area contributed by atoms with Crippen molar-refractivity contribution in [3.05, 3.63) is 60.3 Å². The zero-order chi connectivity index (χ0) is 28.9. The van der Waals surface area contributed by atoms with E-state index in [-0.39, 0.29) is 11.7 Å². The number of phenolic OH excluding ortho intramolecular Hbond substituents is 1. The van der Waals surface area contributed by atoms with Crippen LogP contribution in [-0.4, -0.2) is 95.9 Å². The number of nitrogens with zero attached hydrogens (tertiary/aromatic N) is 6. The van der Waals surface area contributed by atoms with Crippen molar-refractivity contribution in [2.24, 2.45) is 0 Å². The molecule has 0 bridgehead atoms. The molecule has 41 heavy (non-hydrogen) atoms. The van der Waals surface area contributed by atoms with Gasteiger partial charge in [-0.25, -0.2) is 4.39 Å². The first-order valence-corrected chi connectivity index (χ1v) is 14.4. The molecule has 0 spiro atoms. The van der Waals surface area contributed by atoms with Crippen molar-refractivity contribution in [3.63, 3.8) is 0 Å². The van der Waals surface area contributed by atoms with Crippen LogP contribution in [0.4, 0.5) is 15.9 Å². The highest BCUT2D eigenvalue weighted by molar-refractivity contribution is 5.95. The molecule has 0 aliphatic carbocycles. The van der Waals surface area contributed by atoms with Gasteiger partial charge in [0.25, 0.3) is 0 Å². The Morgan fingerprint density at radius 3 is 2.68 bits per heavy atom. The number of aromatic nitrogens is 2. The molecule has 1 atom stereocenters. The number of aromatic hydroxyl groups is 1. The van der Waals surface area contributed by atoms with Crippen LogP contribution in [0, 0.1) is 0 Å². The molecule has 0 saturated carbocycles. The van der Waals surface area contributed by atoms with Gasteiger partial charge in [-0.1, -0.05) is 37.8 Å². The molecule has 1 unspecified atom stereocenters. The van der Waals surface area contributed by atoms with E-state index in [2.05, 4.69) is 22.4 Å². The highest BCUT2D eigenvalue weighted by Crippen LogP contribution is 2.36. The minimum absolute atomic E-state index is 0.0598. The summed E-state index contributed by atoms with van der Waals surface area (Å²) in [7, 11) is 0. The SMILES string of the molecule is C=CC(=O)N1CCN(c2nc(OCCN(CC)CC(C)F)nc3c2CCN(c2cc(O)cc4ccccc24)C3)CC1. The Bertz CT molecular complexity index is 1390. The molecule has 218 valence electrons. The number of piperazine rings is 1. The Labute approximate surface area is 240 Å². The van der Waals surface area contributed by atoms with Crippen LogP contribution in [0.3, 0.4) is 0 Å². The third kappa shape index (κ3) is 6.53. The molecular formula is C31H39FN6O3. The predicted octanol–water partition coefficient (Wildman–Crippen LogP) is 3.79. The van der Waals surface area contributed by atoms with E-state index in [1.807, 2.05) is 36.1 Å². The molecule has 1 amide bonds. The van der Waals surface area contributed by atoms with Crippen molar-refractivity contribution in [2.75, 3.05) is 68.8 Å². The summed E-state index contributed by atoms with van der Waals surface area (Å²) in [5, 5.41) is 12.5. The summed E-state index contributed by atoms with van der Waals surface area (Å²) in [5.74, 6) is 1.02. The fourth-order valence-electron chi connectivity index (χ4n) is 5.72. The molecule has 3 heterocycles. The van der Waals surface area contributed by atoms with Gasteiger partial charge >= 0.3 is 6.01 Å². The van der Waals surface area contributed by atoms with Crippen molar-refractivity contribution in [2.45, 2.75) is 33.0 Å². The van der Waals surface area contributed by atoms with E-state index in [4.69, 9.17) is 14.7 Å². The van der Waals surface area contributed by atoms with Crippen LogP contribution in [0.1, 0.15) is 25.1 Å². The monoisotopic (exact) mass is 562 g/mol. The van der Waals surface area contributed by atoms with Crippen molar-refractivity contribution in [1.82, 2.24) is 19.8 Å². The molecule has 3 aromatic rings. The maximum atomic E-state index is 13.6. The van der Waals surface area contributed by atoms with Gasteiger partial charge < -0.3 is 24.5 Å². The largest absolute Gasteiger partial charge is 0.508 e. The molecule has 1 saturated heterocycles. The maximum absolute atomic E-state index is 13.6. The van der Waals surface area contributed by atoms with Crippen molar-refractivity contribution in [3.8, 4) is 11.8 Å². The van der Waals surface area contributed by atoms with Crippen LogP contribution in [0.2, 0.25) is 0 Å². The van der Waals surface area contributed by atoms with E-state index >= 15 is 0 Å². The molecule has 2 aliphatic heterocycles. The van der Waals surface area contributed by atoms with Gasteiger partial charge in [0.2, 0.25) is 5.91 Å². The first-order chi connectivity index (χ1) is 19.9. The van der Waals surface area contributed by atoms with E-state index < -0.39 is 6.17 Å². The number of amides is 1. The summed E-state index contributed by atoms with van der Waals surface area (Å²) in [6.07, 6.45) is 1.18. The third-order valence-corrected chi connectivity index (χ3v) is 7.85. The second kappa shape index (κ2) is 12.7. The van der Waals surface area contributed by atoms with E-state index in [0.717, 1.165) is 53.0 Å². The lowest BCUT2D eigenvalue weighted by atomic mass is 10.0. The first kappa shape index (κ1) is 28.6. The summed E-state index contributed by atoms with van der Waals surface area (Å²) >= 11 is 0. The molecule has 5 rings (SSSR count). The number of ether oxygens (including phenoxy) is 1. The van der Waals surface area contributed by atoms with Gasteiger partial charge in [0.15, 0.2) is 0 Å². The highest BCUT2D eigenvalue weighted by Gasteiger charge is 2.29. The molecule has 1 aromatic heterocycles. The lowest BCUT2D eigenvalue weighted by Gasteiger charge is -2.38. The van der Waals surface area contributed by atoms with Gasteiger partial charge in [-0.05, 0) is 37.4 Å². The lowest BCUT2D eigenvalue weighted by Crippen LogP contribution is -2.49. The first-order valence-electron chi connectivity index (χ1n) is 14.4. The zero-order valence-electron chi connectivity index (χ0n) is 23.9. The molecule has 1 N–H and O–H groups in total. The second-order valence-corrected chi connectivity index (χ2v) is 10.7. The van der Waals surface area contributed by atoms with Crippen LogP contribution >= 0.6 is 0 Å². The number of phenols is 1. The summed E-state index contributed by atoms with van der Waals surface area (Å²) < 4.78 is 19.6. The zero-order valence-corrected chi connectivity index (χ0v) is 23.9. The molecule has 10 heteroatoms. The highest BCUT2D eigenvalue weighted by atomic mass is 19.1. The minimum Gasteiger partial charge on any atom is -0.508 e. The van der Waals surface area contributed by atoms with E-state index in [0.29, 0.717) is 58.4 Å². The Balaban J connectivity index is 1.42. The average Bonchev–Trinajstić information content (AvgIpc) is 2.98. The smallest absolute Gasteiger partial charge is 0.318 e. The standard InChI is InChI=1S/C31H39FN6O3/c1-4-29(40)36-12-14-37(15-13-36)30-26-10-11-38(28-19-24(39)18-23-8-6-7-9-25(23)28)21-27(26)33-31(34-30)41-17-16-35(5-2)20-22(3)32/h4,6-9,18-19,22,39H,1,5,10-17,20-21H2,2-3H3. The number of anilines is 2. The number of rotatable bonds is 10. The van der Waals surface area contributed by atoms with Gasteiger partial charge in [0.05, 0.1) is 12.2 Å². The number of fused-ring (bicyclic) bond motifs is 2. The van der Waals surface area contributed by atoms with Crippen LogP contribution in [0.5, 0.6) is 11.8 Å². The number of alkyl halides is 1. The summed E-state index contributed by atoms with van der Waals surface area (Å²) in [6.45, 7) is 13.0. The van der Waals surface area contributed by atoms with Crippen LogP contribution in [0.25, 0.3) is 10.8 Å². The molecule has 9 nitrogen and oxygen atoms in total. The fourth-order valence-corrected chi connectivity index (χ4v) is 5.72. The van der Waals surface area contributed by atoms with Crippen molar-refractivity contribution in [1.29, 1.82) is 0 Å². The van der Waals surface area contributed by atoms with Crippen LogP contribution in [-0.2, 0) is 17.8 Å². The minimum atomic E-state index is -0.910. The number of hydrogen-bond donors (Lipinski definition) is 1. The topological polar surface area (TPSA) is 85.3 Å². The van der Waals surface area contributed by atoms with Gasteiger partial charge in [-0.2, -0.15) is 9.97 Å². The maximum Gasteiger partial charge on any atom is 0.318 e. The summed E-state index contributed by atoms with van der Waals surface area (Å²) in [5.41, 5.74) is 2.94. The second-order valence-electron chi connectivity index (χ2n) is 10.7. The van der Waals surface area contributed by atoms with Crippen LogP contribution < -0.4 is 14.5 Å². The van der Waals surface area contributed by atoms with Gasteiger partial charge in [-0.15, -0.1) is 0 Å². The molecule has 0 radical (unpaired) electrons. The summed E-state index contributed by atoms with van der Waals surface area (Å²) in [4.78, 5) is 30.1. The molecule has 1 fully saturated rings. The fraction of sp³-hybridized carbons (Fsp3) is 0.452. The van der Waals surface area contributed by atoms with Gasteiger partial charge in [0.1, 0.15) is 24.3 Å². The lowest BCUT2D eigenvalue weighted by molar-refractivity contribution is -0.126. The van der Waals surface area contributed by atoms with Gasteiger partial charge in [0, 0.05) is 68.5 Å². The molecular weight excluding hydrogens is 523 g/mol. The van der Waals surface area contributed by atoms with E-state index in [1.54, 1.807) is 17.9 Å². The third-order valence-electron chi connectivity index (χ3n) is 7.85.